The van der Waals surface area contributed by atoms with Crippen LogP contribution in [0.1, 0.15) is 139 Å². The zero-order valence-corrected chi connectivity index (χ0v) is 35.9. The SMILES string of the molecule is C.C.CC(C)CC(=N)N.CC(C)OP(C)(=O)O.CC(C)P(=O)(O)O.CC(C)S(=O)(=O)O.CCN(CC)C(C)C.CC[N+](CC)(CC)C(C)C. The minimum Gasteiger partial charge on any atom is -0.388 e. The Bertz CT molecular complexity index is 920. The largest absolute Gasteiger partial charge is 0.388 e. The van der Waals surface area contributed by atoms with Gasteiger partial charge in [-0.05, 0) is 95.2 Å². The van der Waals surface area contributed by atoms with Gasteiger partial charge in [0.25, 0.3) is 10.1 Å². The second kappa shape index (κ2) is 34.7. The van der Waals surface area contributed by atoms with E-state index >= 15 is 0 Å². The van der Waals surface area contributed by atoms with Gasteiger partial charge in [0.1, 0.15) is 0 Å². The van der Waals surface area contributed by atoms with Gasteiger partial charge in [-0.3, -0.25) is 19.1 Å². The highest BCUT2D eigenvalue weighted by Gasteiger charge is 2.24. The number of hydrogen-bond acceptors (Lipinski definition) is 7. The molecule has 49 heavy (non-hydrogen) atoms. The monoisotopic (exact) mass is 778 g/mol. The third kappa shape index (κ3) is 52.1. The van der Waals surface area contributed by atoms with Crippen molar-refractivity contribution in [1.29, 1.82) is 5.41 Å². The summed E-state index contributed by atoms with van der Waals surface area (Å²) in [6.07, 6.45) is 0.552. The summed E-state index contributed by atoms with van der Waals surface area (Å²) < 4.78 is 54.0. The van der Waals surface area contributed by atoms with Crippen molar-refractivity contribution in [3.05, 3.63) is 0 Å². The molecule has 0 aliphatic rings. The predicted molar refractivity (Wildman–Crippen MR) is 216 cm³/mol. The predicted octanol–water partition coefficient (Wildman–Crippen LogP) is 8.33. The smallest absolute Gasteiger partial charge is 0.328 e. The molecule has 0 aliphatic carbocycles. The van der Waals surface area contributed by atoms with Gasteiger partial charge >= 0.3 is 15.2 Å². The Morgan fingerprint density at radius 3 is 1.08 bits per heavy atom. The fourth-order valence-corrected chi connectivity index (χ4v) is 4.33. The summed E-state index contributed by atoms with van der Waals surface area (Å²) in [7, 11) is -10.7. The zero-order valence-electron chi connectivity index (χ0n) is 33.3. The summed E-state index contributed by atoms with van der Waals surface area (Å²) in [6.45, 7) is 41.0. The molecule has 7 N–H and O–H groups in total. The number of nitrogens with zero attached hydrogens (tertiary/aromatic N) is 2. The summed E-state index contributed by atoms with van der Waals surface area (Å²) in [5.41, 5.74) is 4.54. The van der Waals surface area contributed by atoms with Crippen LogP contribution in [0.5, 0.6) is 0 Å². The van der Waals surface area contributed by atoms with E-state index in [1.165, 1.54) is 71.6 Å². The normalized spacial score (nSPS) is 12.4. The van der Waals surface area contributed by atoms with Gasteiger partial charge in [-0.25, -0.2) is 0 Å². The quantitative estimate of drug-likeness (QED) is 0.0344. The van der Waals surface area contributed by atoms with E-state index in [-0.39, 0.29) is 26.8 Å². The van der Waals surface area contributed by atoms with Crippen molar-refractivity contribution in [3.63, 3.8) is 0 Å². The van der Waals surface area contributed by atoms with Gasteiger partial charge < -0.3 is 34.3 Å². The molecule has 0 radical (unpaired) electrons. The minimum absolute atomic E-state index is 0. The highest BCUT2D eigenvalue weighted by Crippen LogP contribution is 2.40. The standard InChI is InChI=1S/C9H22N.C7H17N.C5H12N2.C4H11O3P.C3H9O3P.C3H8O3S.2CH4/c1-6-10(7-2,8-3)9(4)5;1-5-8(6-2)7(3)4;1-4(2)3-5(6)7;1-4(2)7-8(3,5)6;2*1-3(2)7(4,5)6;;/h9H,6-8H2,1-5H3;7H,5-6H2,1-4H3;4H,3H2,1-2H3,(H3,6,7);4H,1-3H3,(H,5,6);3H,1-2H3,(H2,4,5,6);3H,1-2H3,(H,4,5,6);2*1H4/q+1;;;;;;;. The maximum Gasteiger partial charge on any atom is 0.328 e. The highest BCUT2D eigenvalue weighted by atomic mass is 32.2. The summed E-state index contributed by atoms with van der Waals surface area (Å²) in [6, 6.07) is 1.49. The van der Waals surface area contributed by atoms with Crippen LogP contribution in [0.3, 0.4) is 0 Å². The van der Waals surface area contributed by atoms with Gasteiger partial charge in [0.15, 0.2) is 0 Å². The molecule has 0 aromatic heterocycles. The number of rotatable bonds is 13. The van der Waals surface area contributed by atoms with Crippen molar-refractivity contribution >= 4 is 31.1 Å². The van der Waals surface area contributed by atoms with Gasteiger partial charge in [0, 0.05) is 19.1 Å². The Morgan fingerprint density at radius 2 is 1.08 bits per heavy atom. The van der Waals surface area contributed by atoms with E-state index in [1.807, 2.05) is 13.8 Å². The van der Waals surface area contributed by atoms with Crippen molar-refractivity contribution in [2.45, 2.75) is 168 Å². The van der Waals surface area contributed by atoms with Gasteiger partial charge in [0.2, 0.25) is 0 Å². The molecule has 0 aromatic rings. The molecule has 0 aliphatic heterocycles. The fourth-order valence-electron chi connectivity index (χ4n) is 3.55. The van der Waals surface area contributed by atoms with Crippen LogP contribution in [0.15, 0.2) is 0 Å². The molecule has 13 nitrogen and oxygen atoms in total. The molecule has 0 amide bonds. The first-order chi connectivity index (χ1) is 20.8. The molecule has 1 unspecified atom stereocenters. The van der Waals surface area contributed by atoms with E-state index in [4.69, 9.17) is 30.4 Å². The lowest BCUT2D eigenvalue weighted by molar-refractivity contribution is -0.943. The number of hydrogen-bond donors (Lipinski definition) is 6. The van der Waals surface area contributed by atoms with Crippen molar-refractivity contribution in [2.24, 2.45) is 11.7 Å². The summed E-state index contributed by atoms with van der Waals surface area (Å²) in [5, 5.41) is 6.13. The van der Waals surface area contributed by atoms with Gasteiger partial charge in [-0.2, -0.15) is 8.42 Å². The van der Waals surface area contributed by atoms with E-state index in [0.29, 0.717) is 12.0 Å². The first-order valence-electron chi connectivity index (χ1n) is 16.7. The Kier molecular flexibility index (Phi) is 47.3. The van der Waals surface area contributed by atoms with Crippen LogP contribution in [-0.4, -0.2) is 111 Å². The number of nitrogens with two attached hydrogens (primary N) is 1. The van der Waals surface area contributed by atoms with E-state index < -0.39 is 36.2 Å². The van der Waals surface area contributed by atoms with Gasteiger partial charge in [0.05, 0.1) is 48.5 Å². The van der Waals surface area contributed by atoms with E-state index in [9.17, 15) is 17.5 Å². The molecule has 0 bridgehead atoms. The first-order valence-corrected chi connectivity index (χ1v) is 21.9. The minimum atomic E-state index is -3.74. The average Bonchev–Trinajstić information content (AvgIpc) is 2.84. The van der Waals surface area contributed by atoms with Crippen LogP contribution in [0.2, 0.25) is 0 Å². The molecule has 0 rings (SSSR count). The topological polar surface area (TPSA) is 212 Å². The van der Waals surface area contributed by atoms with Crippen molar-refractivity contribution in [1.82, 2.24) is 4.90 Å². The van der Waals surface area contributed by atoms with Crippen LogP contribution >= 0.6 is 15.2 Å². The zero-order chi connectivity index (χ0) is 39.6. The van der Waals surface area contributed by atoms with Crippen molar-refractivity contribution in [2.75, 3.05) is 39.4 Å². The molecular weight excluding hydrogens is 690 g/mol. The van der Waals surface area contributed by atoms with Crippen LogP contribution < -0.4 is 5.73 Å². The highest BCUT2D eigenvalue weighted by molar-refractivity contribution is 7.86. The number of quaternary nitrogens is 1. The molecule has 0 aromatic carbocycles. The van der Waals surface area contributed by atoms with Crippen LogP contribution in [0, 0.1) is 11.3 Å². The molecule has 0 saturated carbocycles. The van der Waals surface area contributed by atoms with Gasteiger partial charge in [-0.1, -0.05) is 56.4 Å². The Balaban J connectivity index is -0.0000000684. The maximum atomic E-state index is 10.4. The van der Waals surface area contributed by atoms with Gasteiger partial charge in [-0.15, -0.1) is 0 Å². The molecule has 1 atom stereocenters. The Hall–Kier alpha value is -0.400. The first kappa shape index (κ1) is 66.8. The summed E-state index contributed by atoms with van der Waals surface area (Å²) >= 11 is 0. The Morgan fingerprint density at radius 1 is 0.796 bits per heavy atom. The van der Waals surface area contributed by atoms with Crippen LogP contribution in [-0.2, 0) is 23.8 Å². The number of nitrogens with one attached hydrogen (secondary N) is 1. The van der Waals surface area contributed by atoms with Crippen LogP contribution in [0.25, 0.3) is 0 Å². The summed E-state index contributed by atoms with van der Waals surface area (Å²) in [5.74, 6) is 0.813. The van der Waals surface area contributed by atoms with E-state index in [0.717, 1.165) is 12.5 Å². The number of amidine groups is 1. The second-order valence-electron chi connectivity index (χ2n) is 12.9. The van der Waals surface area contributed by atoms with Crippen molar-refractivity contribution < 1.29 is 45.8 Å². The van der Waals surface area contributed by atoms with E-state index in [2.05, 4.69) is 71.7 Å². The molecule has 308 valence electrons. The lowest BCUT2D eigenvalue weighted by Crippen LogP contribution is -2.52. The van der Waals surface area contributed by atoms with Crippen molar-refractivity contribution in [3.8, 4) is 0 Å². The lowest BCUT2D eigenvalue weighted by atomic mass is 10.1. The average molecular weight is 778 g/mol. The fraction of sp³-hybridized carbons (Fsp3) is 0.970. The maximum absolute atomic E-state index is 10.4. The summed E-state index contributed by atoms with van der Waals surface area (Å²) in [4.78, 5) is 27.4. The third-order valence-corrected chi connectivity index (χ3v) is 10.2. The molecule has 0 fully saturated rings. The molecular formula is C33H87N4O9P2S+. The Labute approximate surface area is 305 Å². The molecule has 0 heterocycles. The van der Waals surface area contributed by atoms with Crippen LogP contribution in [0.4, 0.5) is 0 Å². The molecule has 0 saturated heterocycles. The second-order valence-corrected chi connectivity index (χ2v) is 18.9. The van der Waals surface area contributed by atoms with E-state index in [1.54, 1.807) is 13.8 Å². The lowest BCUT2D eigenvalue weighted by Gasteiger charge is -2.39. The third-order valence-electron chi connectivity index (χ3n) is 6.83. The molecule has 16 heteroatoms. The molecule has 0 spiro atoms.